The number of carboxylic acids is 1. The standard InChI is InChI=1S/C12H10FN3O3S/c13-8-3-6(11(18)19)1-2-9(8)16-10(17)4-7-5-20-12(14)15-7/h1-3,5H,4H2,(H2,14,15)(H,16,17)(H,18,19). The number of amides is 1. The monoisotopic (exact) mass is 295 g/mol. The Morgan fingerprint density at radius 2 is 2.20 bits per heavy atom. The Morgan fingerprint density at radius 3 is 2.75 bits per heavy atom. The summed E-state index contributed by atoms with van der Waals surface area (Å²) in [6, 6.07) is 3.26. The molecule has 6 nitrogen and oxygen atoms in total. The molecule has 2 aromatic rings. The molecular weight excluding hydrogens is 285 g/mol. The van der Waals surface area contributed by atoms with Gasteiger partial charge in [-0.2, -0.15) is 0 Å². The minimum atomic E-state index is -1.24. The zero-order valence-corrected chi connectivity index (χ0v) is 10.9. The molecule has 0 bridgehead atoms. The van der Waals surface area contributed by atoms with Gasteiger partial charge in [-0.05, 0) is 18.2 Å². The van der Waals surface area contributed by atoms with Gasteiger partial charge in [-0.1, -0.05) is 0 Å². The summed E-state index contributed by atoms with van der Waals surface area (Å²) in [4.78, 5) is 26.3. The SMILES string of the molecule is Nc1nc(CC(=O)Nc2ccc(C(=O)O)cc2F)cs1. The molecule has 0 spiro atoms. The predicted octanol–water partition coefficient (Wildman–Crippen LogP) is 1.74. The number of aromatic carboxylic acids is 1. The van der Waals surface area contributed by atoms with Gasteiger partial charge < -0.3 is 16.2 Å². The van der Waals surface area contributed by atoms with Gasteiger partial charge in [-0.3, -0.25) is 4.79 Å². The summed E-state index contributed by atoms with van der Waals surface area (Å²) in [5, 5.41) is 13.0. The molecular formula is C12H10FN3O3S. The summed E-state index contributed by atoms with van der Waals surface area (Å²) >= 11 is 1.21. The molecule has 104 valence electrons. The van der Waals surface area contributed by atoms with E-state index in [0.29, 0.717) is 10.8 Å². The van der Waals surface area contributed by atoms with Crippen LogP contribution in [0, 0.1) is 5.82 Å². The molecule has 0 aliphatic rings. The Kier molecular flexibility index (Phi) is 3.94. The number of carbonyl (C=O) groups excluding carboxylic acids is 1. The van der Waals surface area contributed by atoms with E-state index in [4.69, 9.17) is 10.8 Å². The lowest BCUT2D eigenvalue weighted by atomic mass is 10.2. The highest BCUT2D eigenvalue weighted by Crippen LogP contribution is 2.17. The fraction of sp³-hybridized carbons (Fsp3) is 0.0833. The number of hydrogen-bond donors (Lipinski definition) is 3. The molecule has 0 aliphatic heterocycles. The second kappa shape index (κ2) is 5.66. The smallest absolute Gasteiger partial charge is 0.335 e. The molecule has 0 saturated heterocycles. The quantitative estimate of drug-likeness (QED) is 0.796. The van der Waals surface area contributed by atoms with Crippen LogP contribution in [0.3, 0.4) is 0 Å². The molecule has 1 aromatic heterocycles. The van der Waals surface area contributed by atoms with Crippen molar-refractivity contribution in [2.75, 3.05) is 11.1 Å². The molecule has 1 amide bonds. The Labute approximate surface area is 117 Å². The van der Waals surface area contributed by atoms with Crippen molar-refractivity contribution in [2.24, 2.45) is 0 Å². The number of carbonyl (C=O) groups is 2. The Balaban J connectivity index is 2.06. The van der Waals surface area contributed by atoms with Gasteiger partial charge in [0.1, 0.15) is 5.82 Å². The normalized spacial score (nSPS) is 10.2. The number of anilines is 2. The van der Waals surface area contributed by atoms with Gasteiger partial charge in [-0.15, -0.1) is 11.3 Å². The van der Waals surface area contributed by atoms with Crippen LogP contribution in [-0.4, -0.2) is 22.0 Å². The third-order valence-corrected chi connectivity index (χ3v) is 3.12. The largest absolute Gasteiger partial charge is 0.478 e. The van der Waals surface area contributed by atoms with Gasteiger partial charge in [0.05, 0.1) is 23.4 Å². The van der Waals surface area contributed by atoms with Crippen LogP contribution in [0.15, 0.2) is 23.6 Å². The lowest BCUT2D eigenvalue weighted by molar-refractivity contribution is -0.115. The molecule has 0 unspecified atom stereocenters. The molecule has 0 saturated carbocycles. The van der Waals surface area contributed by atoms with Gasteiger partial charge in [0, 0.05) is 5.38 Å². The lowest BCUT2D eigenvalue weighted by Gasteiger charge is -2.06. The van der Waals surface area contributed by atoms with Crippen molar-refractivity contribution in [1.82, 2.24) is 4.98 Å². The molecule has 0 atom stereocenters. The Hall–Kier alpha value is -2.48. The zero-order chi connectivity index (χ0) is 14.7. The minimum absolute atomic E-state index is 0.0339. The number of nitrogens with two attached hydrogens (primary N) is 1. The molecule has 1 aromatic carbocycles. The van der Waals surface area contributed by atoms with E-state index in [0.717, 1.165) is 6.07 Å². The van der Waals surface area contributed by atoms with Crippen LogP contribution in [0.5, 0.6) is 0 Å². The maximum absolute atomic E-state index is 13.6. The number of thiazole rings is 1. The van der Waals surface area contributed by atoms with Gasteiger partial charge >= 0.3 is 5.97 Å². The van der Waals surface area contributed by atoms with E-state index in [9.17, 15) is 14.0 Å². The van der Waals surface area contributed by atoms with E-state index >= 15 is 0 Å². The first kappa shape index (κ1) is 13.9. The molecule has 0 fully saturated rings. The fourth-order valence-electron chi connectivity index (χ4n) is 1.51. The molecule has 20 heavy (non-hydrogen) atoms. The number of rotatable bonds is 4. The van der Waals surface area contributed by atoms with Gasteiger partial charge in [0.25, 0.3) is 0 Å². The molecule has 4 N–H and O–H groups in total. The van der Waals surface area contributed by atoms with Crippen molar-refractivity contribution in [3.8, 4) is 0 Å². The van der Waals surface area contributed by atoms with E-state index in [1.807, 2.05) is 0 Å². The number of nitrogen functional groups attached to an aromatic ring is 1. The number of hydrogen-bond acceptors (Lipinski definition) is 5. The van der Waals surface area contributed by atoms with Gasteiger partial charge in [0.15, 0.2) is 5.13 Å². The summed E-state index contributed by atoms with van der Waals surface area (Å²) < 4.78 is 13.6. The van der Waals surface area contributed by atoms with Crippen molar-refractivity contribution >= 4 is 34.0 Å². The highest BCUT2D eigenvalue weighted by molar-refractivity contribution is 7.13. The number of carboxylic acid groups (broad SMARTS) is 1. The van der Waals surface area contributed by atoms with Crippen molar-refractivity contribution in [3.05, 3.63) is 40.7 Å². The van der Waals surface area contributed by atoms with E-state index in [1.165, 1.54) is 23.5 Å². The maximum Gasteiger partial charge on any atom is 0.335 e. The Morgan fingerprint density at radius 1 is 1.45 bits per heavy atom. The maximum atomic E-state index is 13.6. The van der Waals surface area contributed by atoms with Crippen LogP contribution >= 0.6 is 11.3 Å². The van der Waals surface area contributed by atoms with Crippen LogP contribution in [0.1, 0.15) is 16.1 Å². The topological polar surface area (TPSA) is 105 Å². The number of nitrogens with one attached hydrogen (secondary N) is 1. The van der Waals surface area contributed by atoms with E-state index in [1.54, 1.807) is 5.38 Å². The van der Waals surface area contributed by atoms with Crippen molar-refractivity contribution in [2.45, 2.75) is 6.42 Å². The molecule has 0 aliphatic carbocycles. The fourth-order valence-corrected chi connectivity index (χ4v) is 2.08. The highest BCUT2D eigenvalue weighted by Gasteiger charge is 2.12. The number of nitrogens with zero attached hydrogens (tertiary/aromatic N) is 1. The summed E-state index contributed by atoms with van der Waals surface area (Å²) in [6.07, 6.45) is -0.0339. The van der Waals surface area contributed by atoms with Crippen LogP contribution < -0.4 is 11.1 Å². The van der Waals surface area contributed by atoms with Gasteiger partial charge in [0.2, 0.25) is 5.91 Å². The first-order valence-electron chi connectivity index (χ1n) is 5.48. The summed E-state index contributed by atoms with van der Waals surface area (Å²) in [7, 11) is 0. The lowest BCUT2D eigenvalue weighted by Crippen LogP contribution is -2.16. The van der Waals surface area contributed by atoms with E-state index in [-0.39, 0.29) is 17.7 Å². The van der Waals surface area contributed by atoms with Crippen molar-refractivity contribution in [3.63, 3.8) is 0 Å². The molecule has 0 radical (unpaired) electrons. The van der Waals surface area contributed by atoms with Gasteiger partial charge in [-0.25, -0.2) is 14.2 Å². The molecule has 2 rings (SSSR count). The molecule has 1 heterocycles. The highest BCUT2D eigenvalue weighted by atomic mass is 32.1. The zero-order valence-electron chi connectivity index (χ0n) is 10.1. The number of benzene rings is 1. The van der Waals surface area contributed by atoms with E-state index in [2.05, 4.69) is 10.3 Å². The van der Waals surface area contributed by atoms with Crippen molar-refractivity contribution in [1.29, 1.82) is 0 Å². The average Bonchev–Trinajstić information content (AvgIpc) is 2.77. The first-order chi connectivity index (χ1) is 9.45. The third kappa shape index (κ3) is 3.29. The van der Waals surface area contributed by atoms with Crippen molar-refractivity contribution < 1.29 is 19.1 Å². The summed E-state index contributed by atoms with van der Waals surface area (Å²) in [6.45, 7) is 0. The molecule has 8 heteroatoms. The summed E-state index contributed by atoms with van der Waals surface area (Å²) in [5.41, 5.74) is 5.66. The van der Waals surface area contributed by atoms with E-state index < -0.39 is 17.7 Å². The second-order valence-electron chi connectivity index (χ2n) is 3.90. The first-order valence-corrected chi connectivity index (χ1v) is 6.36. The van der Waals surface area contributed by atoms with Crippen LogP contribution in [0.25, 0.3) is 0 Å². The predicted molar refractivity (Wildman–Crippen MR) is 72.2 cm³/mol. The third-order valence-electron chi connectivity index (χ3n) is 2.40. The number of halogens is 1. The van der Waals surface area contributed by atoms with Crippen LogP contribution in [0.2, 0.25) is 0 Å². The number of aromatic nitrogens is 1. The minimum Gasteiger partial charge on any atom is -0.478 e. The average molecular weight is 295 g/mol. The Bertz CT molecular complexity index is 672. The second-order valence-corrected chi connectivity index (χ2v) is 4.79. The van der Waals surface area contributed by atoms with Crippen LogP contribution in [-0.2, 0) is 11.2 Å². The summed E-state index contributed by atoms with van der Waals surface area (Å²) in [5.74, 6) is -2.51. The van der Waals surface area contributed by atoms with Crippen LogP contribution in [0.4, 0.5) is 15.2 Å².